The highest BCUT2D eigenvalue weighted by atomic mass is 16.2. The van der Waals surface area contributed by atoms with Gasteiger partial charge in [0.1, 0.15) is 0 Å². The Hall–Kier alpha value is -1.43. The van der Waals surface area contributed by atoms with Gasteiger partial charge in [0.05, 0.1) is 0 Å². The van der Waals surface area contributed by atoms with Gasteiger partial charge in [0, 0.05) is 57.8 Å². The summed E-state index contributed by atoms with van der Waals surface area (Å²) in [4.78, 5) is 20.2. The Morgan fingerprint density at radius 1 is 1.07 bits per heavy atom. The van der Waals surface area contributed by atoms with Crippen molar-refractivity contribution in [2.75, 3.05) is 46.3 Å². The first kappa shape index (κ1) is 20.8. The molecular weight excluding hydrogens is 360 g/mol. The van der Waals surface area contributed by atoms with Crippen LogP contribution in [0.1, 0.15) is 37.7 Å². The van der Waals surface area contributed by atoms with Gasteiger partial charge in [0.15, 0.2) is 0 Å². The first-order valence-corrected chi connectivity index (χ1v) is 11.6. The number of carbonyl (C=O) groups is 1. The Morgan fingerprint density at radius 2 is 1.72 bits per heavy atom. The molecule has 1 aromatic carbocycles. The van der Waals surface area contributed by atoms with Gasteiger partial charge >= 0.3 is 0 Å². The molecule has 1 aliphatic heterocycles. The lowest BCUT2D eigenvalue weighted by molar-refractivity contribution is -0.140. The molecule has 3 fully saturated rings. The number of nitrogens with two attached hydrogens (primary N) is 1. The molecule has 3 aliphatic rings. The summed E-state index contributed by atoms with van der Waals surface area (Å²) in [5.41, 5.74) is 7.78. The number of hydrogen-bond donors (Lipinski definition) is 1. The zero-order valence-electron chi connectivity index (χ0n) is 18.0. The smallest absolute Gasteiger partial charge is 0.225 e. The highest BCUT2D eigenvalue weighted by molar-refractivity contribution is 5.79. The molecule has 4 rings (SSSR count). The van der Waals surface area contributed by atoms with Crippen LogP contribution in [-0.2, 0) is 11.3 Å². The molecule has 5 heteroatoms. The van der Waals surface area contributed by atoms with Crippen LogP contribution in [0.25, 0.3) is 0 Å². The standard InChI is InChI=1S/C24H38N4O/c1-26(18-19-6-3-2-4-7-19)10-11-27-12-14-28(15-13-27)24(29)22-16-20-8-5-9-21(17-22)23(20)25/h2-4,6-7,20-23H,5,8-18,25H2,1H3. The van der Waals surface area contributed by atoms with Crippen LogP contribution < -0.4 is 5.73 Å². The monoisotopic (exact) mass is 398 g/mol. The first-order valence-electron chi connectivity index (χ1n) is 11.6. The van der Waals surface area contributed by atoms with Crippen molar-refractivity contribution in [3.63, 3.8) is 0 Å². The van der Waals surface area contributed by atoms with E-state index in [2.05, 4.69) is 52.1 Å². The predicted octanol–water partition coefficient (Wildman–Crippen LogP) is 2.42. The van der Waals surface area contributed by atoms with Crippen LogP contribution in [0.4, 0.5) is 0 Å². The molecule has 160 valence electrons. The number of carbonyl (C=O) groups excluding carboxylic acids is 1. The van der Waals surface area contributed by atoms with Crippen molar-refractivity contribution in [1.29, 1.82) is 0 Å². The molecule has 5 nitrogen and oxygen atoms in total. The van der Waals surface area contributed by atoms with Gasteiger partial charge in [-0.2, -0.15) is 0 Å². The topological polar surface area (TPSA) is 52.8 Å². The maximum atomic E-state index is 13.1. The molecule has 2 N–H and O–H groups in total. The van der Waals surface area contributed by atoms with Crippen molar-refractivity contribution in [3.05, 3.63) is 35.9 Å². The van der Waals surface area contributed by atoms with Gasteiger partial charge in [-0.25, -0.2) is 0 Å². The van der Waals surface area contributed by atoms with E-state index in [9.17, 15) is 4.79 Å². The lowest BCUT2D eigenvalue weighted by atomic mass is 9.65. The molecule has 0 spiro atoms. The second-order valence-electron chi connectivity index (χ2n) is 9.59. The number of amides is 1. The Balaban J connectivity index is 1.19. The molecule has 1 saturated heterocycles. The average molecular weight is 399 g/mol. The van der Waals surface area contributed by atoms with Crippen LogP contribution >= 0.6 is 0 Å². The number of fused-ring (bicyclic) bond motifs is 2. The minimum Gasteiger partial charge on any atom is -0.340 e. The number of nitrogens with zero attached hydrogens (tertiary/aromatic N) is 3. The average Bonchev–Trinajstić information content (AvgIpc) is 2.73. The van der Waals surface area contributed by atoms with Gasteiger partial charge in [-0.05, 0) is 50.1 Å². The van der Waals surface area contributed by atoms with E-state index in [0.717, 1.165) is 58.7 Å². The lowest BCUT2D eigenvalue weighted by Gasteiger charge is -2.45. The fourth-order valence-electron chi connectivity index (χ4n) is 5.73. The molecule has 2 aliphatic carbocycles. The van der Waals surface area contributed by atoms with Gasteiger partial charge in [0.25, 0.3) is 0 Å². The molecule has 1 heterocycles. The summed E-state index contributed by atoms with van der Waals surface area (Å²) in [6, 6.07) is 11.0. The molecule has 1 amide bonds. The third-order valence-electron chi connectivity index (χ3n) is 7.54. The SMILES string of the molecule is CN(CCN1CCN(C(=O)C2CC3CCCC(C2)C3N)CC1)Cc1ccccc1. The first-order chi connectivity index (χ1) is 14.1. The Morgan fingerprint density at radius 3 is 2.38 bits per heavy atom. The molecule has 2 atom stereocenters. The molecule has 0 radical (unpaired) electrons. The minimum absolute atomic E-state index is 0.230. The lowest BCUT2D eigenvalue weighted by Crippen LogP contribution is -2.54. The summed E-state index contributed by atoms with van der Waals surface area (Å²) in [6.45, 7) is 6.91. The van der Waals surface area contributed by atoms with Crippen LogP contribution in [0, 0.1) is 17.8 Å². The Bertz CT molecular complexity index is 644. The molecule has 1 aromatic rings. The minimum atomic E-state index is 0.230. The van der Waals surface area contributed by atoms with E-state index in [1.807, 2.05) is 0 Å². The van der Waals surface area contributed by atoms with E-state index in [1.165, 1.54) is 24.8 Å². The number of rotatable bonds is 6. The predicted molar refractivity (Wildman–Crippen MR) is 117 cm³/mol. The number of benzene rings is 1. The van der Waals surface area contributed by atoms with Crippen molar-refractivity contribution in [2.45, 2.75) is 44.7 Å². The van der Waals surface area contributed by atoms with Crippen molar-refractivity contribution >= 4 is 5.91 Å². The van der Waals surface area contributed by atoms with E-state index in [4.69, 9.17) is 5.73 Å². The van der Waals surface area contributed by atoms with Crippen LogP contribution in [0.3, 0.4) is 0 Å². The van der Waals surface area contributed by atoms with E-state index in [-0.39, 0.29) is 5.92 Å². The van der Waals surface area contributed by atoms with E-state index in [1.54, 1.807) is 0 Å². The third kappa shape index (κ3) is 5.19. The van der Waals surface area contributed by atoms with Crippen LogP contribution in [0.2, 0.25) is 0 Å². The molecule has 29 heavy (non-hydrogen) atoms. The van der Waals surface area contributed by atoms with Gasteiger partial charge in [-0.15, -0.1) is 0 Å². The van der Waals surface area contributed by atoms with E-state index >= 15 is 0 Å². The van der Waals surface area contributed by atoms with Crippen molar-refractivity contribution in [2.24, 2.45) is 23.5 Å². The summed E-state index contributed by atoms with van der Waals surface area (Å²) in [5.74, 6) is 1.80. The number of hydrogen-bond acceptors (Lipinski definition) is 4. The van der Waals surface area contributed by atoms with Gasteiger partial charge in [-0.3, -0.25) is 9.69 Å². The van der Waals surface area contributed by atoms with Crippen molar-refractivity contribution < 1.29 is 4.79 Å². The van der Waals surface area contributed by atoms with E-state index in [0.29, 0.717) is 23.8 Å². The molecule has 2 unspecified atom stereocenters. The summed E-state index contributed by atoms with van der Waals surface area (Å²) in [6.07, 6.45) is 5.82. The number of piperazine rings is 1. The second kappa shape index (κ2) is 9.59. The van der Waals surface area contributed by atoms with Gasteiger partial charge in [-0.1, -0.05) is 36.8 Å². The van der Waals surface area contributed by atoms with Gasteiger partial charge in [0.2, 0.25) is 5.91 Å². The maximum Gasteiger partial charge on any atom is 0.225 e. The van der Waals surface area contributed by atoms with Gasteiger partial charge < -0.3 is 15.5 Å². The fourth-order valence-corrected chi connectivity index (χ4v) is 5.73. The maximum absolute atomic E-state index is 13.1. The fraction of sp³-hybridized carbons (Fsp3) is 0.708. The second-order valence-corrected chi connectivity index (χ2v) is 9.59. The zero-order valence-corrected chi connectivity index (χ0v) is 18.0. The van der Waals surface area contributed by atoms with Crippen molar-refractivity contribution in [3.8, 4) is 0 Å². The normalized spacial score (nSPS) is 30.5. The largest absolute Gasteiger partial charge is 0.340 e. The highest BCUT2D eigenvalue weighted by Crippen LogP contribution is 2.42. The summed E-state index contributed by atoms with van der Waals surface area (Å²) >= 11 is 0. The quantitative estimate of drug-likeness (QED) is 0.800. The molecule has 0 aromatic heterocycles. The van der Waals surface area contributed by atoms with Crippen LogP contribution in [-0.4, -0.2) is 73.0 Å². The molecular formula is C24H38N4O. The van der Waals surface area contributed by atoms with E-state index < -0.39 is 0 Å². The highest BCUT2D eigenvalue weighted by Gasteiger charge is 2.41. The van der Waals surface area contributed by atoms with Crippen LogP contribution in [0.15, 0.2) is 30.3 Å². The third-order valence-corrected chi connectivity index (χ3v) is 7.54. The summed E-state index contributed by atoms with van der Waals surface area (Å²) in [5, 5.41) is 0. The molecule has 2 saturated carbocycles. The Kier molecular flexibility index (Phi) is 6.88. The number of likely N-dealkylation sites (N-methyl/N-ethyl adjacent to an activating group) is 1. The zero-order chi connectivity index (χ0) is 20.2. The Labute approximate surface area is 176 Å². The summed E-state index contributed by atoms with van der Waals surface area (Å²) < 4.78 is 0. The van der Waals surface area contributed by atoms with Crippen LogP contribution in [0.5, 0.6) is 0 Å². The van der Waals surface area contributed by atoms with Crippen molar-refractivity contribution in [1.82, 2.24) is 14.7 Å². The molecule has 2 bridgehead atoms. The summed E-state index contributed by atoms with van der Waals surface area (Å²) in [7, 11) is 2.19.